The minimum Gasteiger partial charge on any atom is -0.399 e. The Bertz CT molecular complexity index is 1010. The number of hydrogen-bond acceptors (Lipinski definition) is 7. The number of aromatic amines is 1. The molecule has 9 nitrogen and oxygen atoms in total. The molecule has 28 heavy (non-hydrogen) atoms. The lowest BCUT2D eigenvalue weighted by atomic mass is 10.0. The highest BCUT2D eigenvalue weighted by Crippen LogP contribution is 2.40. The number of nitrogens with two attached hydrogens (primary N) is 2. The van der Waals surface area contributed by atoms with Crippen LogP contribution in [-0.4, -0.2) is 20.1 Å². The lowest BCUT2D eigenvalue weighted by Crippen LogP contribution is -2.04. The van der Waals surface area contributed by atoms with Crippen LogP contribution in [-0.2, 0) is 0 Å². The van der Waals surface area contributed by atoms with Crippen molar-refractivity contribution < 1.29 is 4.92 Å². The lowest BCUT2D eigenvalue weighted by molar-refractivity contribution is -0.384. The molecule has 9 heteroatoms. The Morgan fingerprint density at radius 1 is 1.18 bits per heavy atom. The summed E-state index contributed by atoms with van der Waals surface area (Å²) < 4.78 is 0. The van der Waals surface area contributed by atoms with Gasteiger partial charge in [-0.2, -0.15) is 5.10 Å². The van der Waals surface area contributed by atoms with Crippen LogP contribution in [0.2, 0.25) is 0 Å². The minimum absolute atomic E-state index is 0.176. The molecular weight excluding hydrogens is 358 g/mol. The van der Waals surface area contributed by atoms with E-state index in [2.05, 4.69) is 20.5 Å². The van der Waals surface area contributed by atoms with Crippen LogP contribution in [0, 0.1) is 10.1 Å². The highest BCUT2D eigenvalue weighted by atomic mass is 16.6. The summed E-state index contributed by atoms with van der Waals surface area (Å²) in [5.74, 6) is 0.742. The normalized spacial score (nSPS) is 14.3. The van der Waals surface area contributed by atoms with Crippen LogP contribution in [0.25, 0.3) is 11.3 Å². The van der Waals surface area contributed by atoms with Crippen LogP contribution in [0.1, 0.15) is 37.3 Å². The topological polar surface area (TPSA) is 149 Å². The van der Waals surface area contributed by atoms with E-state index in [0.29, 0.717) is 23.1 Å². The third kappa shape index (κ3) is 3.34. The number of nitrogens with one attached hydrogen (secondary N) is 2. The fraction of sp³-hybridized carbons (Fsp3) is 0.263. The molecule has 3 aromatic rings. The third-order valence-corrected chi connectivity index (χ3v) is 5.12. The van der Waals surface area contributed by atoms with Crippen LogP contribution in [0.15, 0.2) is 36.5 Å². The Morgan fingerprint density at radius 2 is 1.89 bits per heavy atom. The van der Waals surface area contributed by atoms with E-state index in [4.69, 9.17) is 11.5 Å². The first-order valence-electron chi connectivity index (χ1n) is 9.14. The van der Waals surface area contributed by atoms with E-state index < -0.39 is 4.92 Å². The summed E-state index contributed by atoms with van der Waals surface area (Å²) in [6, 6.07) is 8.91. The van der Waals surface area contributed by atoms with E-state index in [1.165, 1.54) is 19.0 Å². The maximum absolute atomic E-state index is 11.6. The van der Waals surface area contributed by atoms with Gasteiger partial charge in [-0.15, -0.1) is 0 Å². The van der Waals surface area contributed by atoms with E-state index in [0.717, 1.165) is 24.2 Å². The Morgan fingerprint density at radius 3 is 2.57 bits per heavy atom. The second kappa shape index (κ2) is 7.18. The third-order valence-electron chi connectivity index (χ3n) is 5.12. The summed E-state index contributed by atoms with van der Waals surface area (Å²) in [5.41, 5.74) is 15.1. The minimum atomic E-state index is -0.490. The van der Waals surface area contributed by atoms with Gasteiger partial charge in [-0.05, 0) is 43.2 Å². The number of benzene rings is 1. The Balaban J connectivity index is 1.74. The maximum Gasteiger partial charge on any atom is 0.299 e. The zero-order valence-corrected chi connectivity index (χ0v) is 15.2. The van der Waals surface area contributed by atoms with E-state index in [-0.39, 0.29) is 16.9 Å². The zero-order chi connectivity index (χ0) is 19.7. The Labute approximate surface area is 161 Å². The Hall–Kier alpha value is -3.62. The van der Waals surface area contributed by atoms with Gasteiger partial charge in [0, 0.05) is 23.0 Å². The van der Waals surface area contributed by atoms with Crippen LogP contribution < -0.4 is 16.8 Å². The molecule has 1 saturated carbocycles. The quantitative estimate of drug-likeness (QED) is 0.298. The Kier molecular flexibility index (Phi) is 4.56. The summed E-state index contributed by atoms with van der Waals surface area (Å²) in [7, 11) is 0. The molecule has 0 aliphatic heterocycles. The van der Waals surface area contributed by atoms with Crippen molar-refractivity contribution >= 4 is 28.6 Å². The van der Waals surface area contributed by atoms with Gasteiger partial charge in [0.1, 0.15) is 17.5 Å². The van der Waals surface area contributed by atoms with Crippen LogP contribution >= 0.6 is 0 Å². The largest absolute Gasteiger partial charge is 0.399 e. The van der Waals surface area contributed by atoms with Crippen molar-refractivity contribution in [2.24, 2.45) is 0 Å². The standard InChI is InChI=1S/C19H21N7O2/c20-12-5-7-13(8-6-12)23-19-18(21)17(16(10-22-19)26(27)28)15-9-14(24-25-15)11-3-1-2-4-11/h5-11H,1-4,20-21H2,(H,22,23)(H,24,25). The molecule has 144 valence electrons. The molecule has 0 radical (unpaired) electrons. The van der Waals surface area contributed by atoms with Gasteiger partial charge >= 0.3 is 0 Å². The zero-order valence-electron chi connectivity index (χ0n) is 15.2. The summed E-state index contributed by atoms with van der Waals surface area (Å²) in [6.07, 6.45) is 5.77. The van der Waals surface area contributed by atoms with Crippen molar-refractivity contribution in [3.05, 3.63) is 52.3 Å². The highest BCUT2D eigenvalue weighted by molar-refractivity contribution is 5.89. The summed E-state index contributed by atoms with van der Waals surface area (Å²) in [5, 5.41) is 22.0. The number of nitrogen functional groups attached to an aromatic ring is 2. The predicted octanol–water partition coefficient (Wildman–Crippen LogP) is 3.95. The van der Waals surface area contributed by atoms with Gasteiger partial charge in [0.15, 0.2) is 5.82 Å². The van der Waals surface area contributed by atoms with Crippen LogP contribution in [0.4, 0.5) is 28.6 Å². The molecule has 1 fully saturated rings. The monoisotopic (exact) mass is 379 g/mol. The molecule has 0 saturated heterocycles. The molecule has 1 aliphatic carbocycles. The first-order valence-corrected chi connectivity index (χ1v) is 9.14. The molecule has 0 bridgehead atoms. The van der Waals surface area contributed by atoms with Crippen LogP contribution in [0.5, 0.6) is 0 Å². The predicted molar refractivity (Wildman–Crippen MR) is 108 cm³/mol. The van der Waals surface area contributed by atoms with Crippen LogP contribution in [0.3, 0.4) is 0 Å². The molecule has 4 rings (SSSR count). The number of H-pyrrole nitrogens is 1. The second-order valence-corrected chi connectivity index (χ2v) is 6.97. The molecule has 0 amide bonds. The van der Waals surface area contributed by atoms with E-state index in [9.17, 15) is 10.1 Å². The van der Waals surface area contributed by atoms with Crippen molar-refractivity contribution in [1.29, 1.82) is 0 Å². The number of aromatic nitrogens is 3. The van der Waals surface area contributed by atoms with Crippen molar-refractivity contribution in [2.75, 3.05) is 16.8 Å². The summed E-state index contributed by atoms with van der Waals surface area (Å²) in [4.78, 5) is 15.2. The van der Waals surface area contributed by atoms with Crippen molar-refractivity contribution in [2.45, 2.75) is 31.6 Å². The van der Waals surface area contributed by atoms with Gasteiger partial charge in [-0.1, -0.05) is 12.8 Å². The number of nitro groups is 1. The average molecular weight is 379 g/mol. The lowest BCUT2D eigenvalue weighted by Gasteiger charge is -2.11. The van der Waals surface area contributed by atoms with Gasteiger partial charge < -0.3 is 16.8 Å². The second-order valence-electron chi connectivity index (χ2n) is 6.97. The summed E-state index contributed by atoms with van der Waals surface area (Å²) >= 11 is 0. The molecule has 1 aliphatic rings. The molecule has 0 atom stereocenters. The van der Waals surface area contributed by atoms with E-state index in [1.807, 2.05) is 6.07 Å². The summed E-state index contributed by atoms with van der Waals surface area (Å²) in [6.45, 7) is 0. The fourth-order valence-electron chi connectivity index (χ4n) is 3.64. The van der Waals surface area contributed by atoms with Crippen molar-refractivity contribution in [3.63, 3.8) is 0 Å². The molecular formula is C19H21N7O2. The average Bonchev–Trinajstić information content (AvgIpc) is 3.36. The van der Waals surface area contributed by atoms with Gasteiger partial charge in [0.05, 0.1) is 10.6 Å². The van der Waals surface area contributed by atoms with Crippen molar-refractivity contribution in [1.82, 2.24) is 15.2 Å². The molecule has 1 aromatic carbocycles. The fourth-order valence-corrected chi connectivity index (χ4v) is 3.64. The highest BCUT2D eigenvalue weighted by Gasteiger charge is 2.26. The molecule has 0 spiro atoms. The molecule has 0 unspecified atom stereocenters. The number of pyridine rings is 1. The van der Waals surface area contributed by atoms with Gasteiger partial charge in [-0.25, -0.2) is 4.98 Å². The SMILES string of the molecule is Nc1ccc(Nc2ncc([N+](=O)[O-])c(-c3cc(C4CCCC4)[nH]n3)c2N)cc1. The number of nitrogens with zero attached hydrogens (tertiary/aromatic N) is 3. The molecule has 6 N–H and O–H groups in total. The van der Waals surface area contributed by atoms with Crippen molar-refractivity contribution in [3.8, 4) is 11.3 Å². The maximum atomic E-state index is 11.6. The van der Waals surface area contributed by atoms with Gasteiger partial charge in [0.2, 0.25) is 0 Å². The van der Waals surface area contributed by atoms with E-state index >= 15 is 0 Å². The molecule has 2 aromatic heterocycles. The molecule has 2 heterocycles. The number of hydrogen-bond donors (Lipinski definition) is 4. The number of anilines is 4. The van der Waals surface area contributed by atoms with Gasteiger partial charge in [0.25, 0.3) is 5.69 Å². The number of rotatable bonds is 5. The van der Waals surface area contributed by atoms with E-state index in [1.54, 1.807) is 24.3 Å². The first-order chi connectivity index (χ1) is 13.5. The smallest absolute Gasteiger partial charge is 0.299 e. The first kappa shape index (κ1) is 17.8. The van der Waals surface area contributed by atoms with Gasteiger partial charge in [-0.3, -0.25) is 15.2 Å².